The quantitative estimate of drug-likeness (QED) is 0.579. The Bertz CT molecular complexity index is 1050. The fraction of sp³-hybridized carbons (Fsp3) is 0.318. The van der Waals surface area contributed by atoms with Crippen molar-refractivity contribution in [3.8, 4) is 0 Å². The number of imidazole rings is 1. The number of fused-ring (bicyclic) bond motifs is 1. The average Bonchev–Trinajstić information content (AvgIpc) is 3.10. The highest BCUT2D eigenvalue weighted by molar-refractivity contribution is 9.10. The number of halogens is 3. The van der Waals surface area contributed by atoms with Crippen molar-refractivity contribution in [1.82, 2.24) is 19.9 Å². The molecule has 1 aromatic carbocycles. The van der Waals surface area contributed by atoms with Gasteiger partial charge in [0.15, 0.2) is 0 Å². The third-order valence-electron chi connectivity index (χ3n) is 5.24. The summed E-state index contributed by atoms with van der Waals surface area (Å²) >= 11 is 3.46. The van der Waals surface area contributed by atoms with Gasteiger partial charge in [0.25, 0.3) is 0 Å². The van der Waals surface area contributed by atoms with Gasteiger partial charge in [-0.25, -0.2) is 13.8 Å². The summed E-state index contributed by atoms with van der Waals surface area (Å²) in [7, 11) is 0. The molecular formula is C22H21BrF2N4O. The summed E-state index contributed by atoms with van der Waals surface area (Å²) in [6.45, 7) is 0.140. The summed E-state index contributed by atoms with van der Waals surface area (Å²) in [6, 6.07) is 6.41. The van der Waals surface area contributed by atoms with Crippen molar-refractivity contribution in [3.63, 3.8) is 0 Å². The molecule has 0 saturated heterocycles. The number of benzene rings is 1. The van der Waals surface area contributed by atoms with Crippen LogP contribution >= 0.6 is 15.9 Å². The van der Waals surface area contributed by atoms with E-state index in [4.69, 9.17) is 0 Å². The van der Waals surface area contributed by atoms with Crippen molar-refractivity contribution >= 4 is 21.8 Å². The highest BCUT2D eigenvalue weighted by atomic mass is 79.9. The predicted molar refractivity (Wildman–Crippen MR) is 112 cm³/mol. The summed E-state index contributed by atoms with van der Waals surface area (Å²) in [5.41, 5.74) is 3.21. The predicted octanol–water partition coefficient (Wildman–Crippen LogP) is 4.30. The number of aryl methyl sites for hydroxylation is 1. The molecule has 0 spiro atoms. The molecule has 1 N–H and O–H groups in total. The molecule has 3 aromatic rings. The van der Waals surface area contributed by atoms with Crippen molar-refractivity contribution in [1.29, 1.82) is 0 Å². The molecule has 0 fully saturated rings. The summed E-state index contributed by atoms with van der Waals surface area (Å²) in [4.78, 5) is 21.7. The lowest BCUT2D eigenvalue weighted by atomic mass is 10.0. The van der Waals surface area contributed by atoms with E-state index in [9.17, 15) is 13.6 Å². The van der Waals surface area contributed by atoms with Crippen LogP contribution in [0.3, 0.4) is 0 Å². The molecule has 1 atom stereocenters. The molecule has 0 saturated carbocycles. The molecule has 5 nitrogen and oxygen atoms in total. The molecule has 1 aliphatic carbocycles. The van der Waals surface area contributed by atoms with E-state index >= 15 is 0 Å². The summed E-state index contributed by atoms with van der Waals surface area (Å²) < 4.78 is 29.9. The highest BCUT2D eigenvalue weighted by Crippen LogP contribution is 2.25. The molecule has 156 valence electrons. The molecule has 2 heterocycles. The van der Waals surface area contributed by atoms with E-state index in [1.54, 1.807) is 18.6 Å². The number of amides is 1. The van der Waals surface area contributed by atoms with Crippen LogP contribution < -0.4 is 5.32 Å². The molecule has 2 aromatic heterocycles. The van der Waals surface area contributed by atoms with Gasteiger partial charge >= 0.3 is 0 Å². The number of nitrogens with one attached hydrogen (secondary N) is 1. The standard InChI is InChI=1S/C22H21BrF2N4O/c23-17-4-3-7-26-22(17)19(10-14-8-15(24)11-16(25)9-14)28-21(30)12-29-13-27-18-5-1-2-6-20(18)29/h3-4,7-9,11,13,19H,1-2,5-6,10,12H2,(H,28,30). The van der Waals surface area contributed by atoms with Crippen LogP contribution in [0.25, 0.3) is 0 Å². The molecule has 0 radical (unpaired) electrons. The van der Waals surface area contributed by atoms with Gasteiger partial charge in [-0.15, -0.1) is 0 Å². The summed E-state index contributed by atoms with van der Waals surface area (Å²) in [6.07, 6.45) is 7.61. The average molecular weight is 475 g/mol. The van der Waals surface area contributed by atoms with Crippen LogP contribution in [0.5, 0.6) is 0 Å². The Balaban J connectivity index is 1.55. The van der Waals surface area contributed by atoms with Crippen LogP contribution in [-0.2, 0) is 30.6 Å². The fourth-order valence-electron chi connectivity index (χ4n) is 3.90. The Morgan fingerprint density at radius 1 is 1.17 bits per heavy atom. The van der Waals surface area contributed by atoms with Crippen molar-refractivity contribution in [2.45, 2.75) is 44.7 Å². The lowest BCUT2D eigenvalue weighted by molar-refractivity contribution is -0.122. The number of nitrogens with zero attached hydrogens (tertiary/aromatic N) is 3. The van der Waals surface area contributed by atoms with Crippen LogP contribution in [0, 0.1) is 11.6 Å². The molecule has 1 aliphatic rings. The van der Waals surface area contributed by atoms with E-state index in [0.29, 0.717) is 15.7 Å². The minimum atomic E-state index is -0.653. The first kappa shape index (κ1) is 20.7. The Kier molecular flexibility index (Phi) is 6.22. The summed E-state index contributed by atoms with van der Waals surface area (Å²) in [5, 5.41) is 2.98. The normalized spacial score (nSPS) is 14.2. The van der Waals surface area contributed by atoms with E-state index in [-0.39, 0.29) is 18.9 Å². The van der Waals surface area contributed by atoms with E-state index in [1.807, 2.05) is 10.6 Å². The second-order valence-corrected chi connectivity index (χ2v) is 8.30. The Morgan fingerprint density at radius 2 is 1.93 bits per heavy atom. The number of hydrogen-bond donors (Lipinski definition) is 1. The van der Waals surface area contributed by atoms with Gasteiger partial charge in [0.05, 0.1) is 23.8 Å². The zero-order chi connectivity index (χ0) is 21.1. The molecule has 0 aliphatic heterocycles. The van der Waals surface area contributed by atoms with Gasteiger partial charge in [0, 0.05) is 22.4 Å². The monoisotopic (exact) mass is 474 g/mol. The molecular weight excluding hydrogens is 454 g/mol. The Labute approximate surface area is 181 Å². The maximum absolute atomic E-state index is 13.7. The minimum absolute atomic E-state index is 0.140. The number of rotatable bonds is 6. The van der Waals surface area contributed by atoms with Crippen LogP contribution in [0.2, 0.25) is 0 Å². The van der Waals surface area contributed by atoms with Crippen LogP contribution in [0.4, 0.5) is 8.78 Å². The zero-order valence-corrected chi connectivity index (χ0v) is 17.8. The fourth-order valence-corrected chi connectivity index (χ4v) is 4.43. The second kappa shape index (κ2) is 9.04. The van der Waals surface area contributed by atoms with Gasteiger partial charge in [-0.1, -0.05) is 0 Å². The van der Waals surface area contributed by atoms with Crippen LogP contribution in [-0.4, -0.2) is 20.4 Å². The van der Waals surface area contributed by atoms with Gasteiger partial charge < -0.3 is 9.88 Å². The highest BCUT2D eigenvalue weighted by Gasteiger charge is 2.22. The van der Waals surface area contributed by atoms with Gasteiger partial charge in [0.2, 0.25) is 5.91 Å². The molecule has 1 unspecified atom stereocenters. The minimum Gasteiger partial charge on any atom is -0.346 e. The van der Waals surface area contributed by atoms with Crippen molar-refractivity contribution in [2.24, 2.45) is 0 Å². The van der Waals surface area contributed by atoms with Gasteiger partial charge in [-0.3, -0.25) is 9.78 Å². The summed E-state index contributed by atoms with van der Waals surface area (Å²) in [5.74, 6) is -1.51. The van der Waals surface area contributed by atoms with E-state index in [1.165, 1.54) is 12.1 Å². The number of carbonyl (C=O) groups excluding carboxylic acids is 1. The smallest absolute Gasteiger partial charge is 0.240 e. The third kappa shape index (κ3) is 4.75. The SMILES string of the molecule is O=C(Cn1cnc2c1CCCC2)NC(Cc1cc(F)cc(F)c1)c1ncccc1Br. The largest absolute Gasteiger partial charge is 0.346 e. The Morgan fingerprint density at radius 3 is 2.70 bits per heavy atom. The third-order valence-corrected chi connectivity index (χ3v) is 5.91. The van der Waals surface area contributed by atoms with Gasteiger partial charge in [-0.2, -0.15) is 0 Å². The maximum Gasteiger partial charge on any atom is 0.240 e. The zero-order valence-electron chi connectivity index (χ0n) is 16.2. The number of aromatic nitrogens is 3. The maximum atomic E-state index is 13.7. The lowest BCUT2D eigenvalue weighted by Crippen LogP contribution is -2.33. The number of carbonyl (C=O) groups is 1. The molecule has 1 amide bonds. The lowest BCUT2D eigenvalue weighted by Gasteiger charge is -2.21. The first-order valence-electron chi connectivity index (χ1n) is 9.87. The topological polar surface area (TPSA) is 59.8 Å². The number of pyridine rings is 1. The molecule has 30 heavy (non-hydrogen) atoms. The van der Waals surface area contributed by atoms with E-state index in [0.717, 1.165) is 43.1 Å². The van der Waals surface area contributed by atoms with E-state index in [2.05, 4.69) is 31.2 Å². The van der Waals surface area contributed by atoms with Crippen molar-refractivity contribution in [3.05, 3.63) is 81.6 Å². The van der Waals surface area contributed by atoms with Crippen molar-refractivity contribution < 1.29 is 13.6 Å². The first-order valence-corrected chi connectivity index (χ1v) is 10.7. The second-order valence-electron chi connectivity index (χ2n) is 7.45. The first-order chi connectivity index (χ1) is 14.5. The number of hydrogen-bond acceptors (Lipinski definition) is 3. The van der Waals surface area contributed by atoms with Gasteiger partial charge in [0.1, 0.15) is 18.2 Å². The molecule has 0 bridgehead atoms. The van der Waals surface area contributed by atoms with Crippen molar-refractivity contribution in [2.75, 3.05) is 0 Å². The van der Waals surface area contributed by atoms with Crippen LogP contribution in [0.15, 0.2) is 47.3 Å². The Hall–Kier alpha value is -2.61. The van der Waals surface area contributed by atoms with E-state index < -0.39 is 17.7 Å². The van der Waals surface area contributed by atoms with Crippen LogP contribution in [0.1, 0.15) is 41.5 Å². The molecule has 4 rings (SSSR count). The van der Waals surface area contributed by atoms with Gasteiger partial charge in [-0.05, 0) is 77.9 Å². The molecule has 8 heteroatoms.